The van der Waals surface area contributed by atoms with Crippen molar-refractivity contribution in [3.63, 3.8) is 0 Å². The summed E-state index contributed by atoms with van der Waals surface area (Å²) in [6.45, 7) is 6.86. The number of alkyl carbamates (subject to hydrolysis) is 1. The van der Waals surface area contributed by atoms with Crippen molar-refractivity contribution in [2.75, 3.05) is 6.54 Å². The van der Waals surface area contributed by atoms with Gasteiger partial charge in [-0.1, -0.05) is 80.5 Å². The maximum Gasteiger partial charge on any atom is 0.408 e. The number of carboxylic acids is 1. The van der Waals surface area contributed by atoms with Gasteiger partial charge in [-0.25, -0.2) is 22.7 Å². The van der Waals surface area contributed by atoms with Crippen molar-refractivity contribution in [1.29, 1.82) is 0 Å². The van der Waals surface area contributed by atoms with E-state index in [1.165, 1.54) is 76.3 Å². The van der Waals surface area contributed by atoms with Crippen LogP contribution in [-0.4, -0.2) is 67.8 Å². The Bertz CT molecular complexity index is 1560. The fourth-order valence-corrected chi connectivity index (χ4v) is 7.15. The van der Waals surface area contributed by atoms with E-state index >= 15 is 0 Å². The van der Waals surface area contributed by atoms with Crippen molar-refractivity contribution in [3.05, 3.63) is 65.2 Å². The summed E-state index contributed by atoms with van der Waals surface area (Å²) >= 11 is 0. The van der Waals surface area contributed by atoms with Crippen molar-refractivity contribution >= 4 is 34.0 Å². The number of amides is 1. The Morgan fingerprint density at radius 3 is 1.96 bits per heavy atom. The molecule has 2 aliphatic carbocycles. The zero-order valence-electron chi connectivity index (χ0n) is 31.7. The predicted octanol–water partition coefficient (Wildman–Crippen LogP) is 5.87. The number of sulfonamides is 1. The number of rotatable bonds is 14. The highest BCUT2D eigenvalue weighted by Crippen LogP contribution is 2.22. The van der Waals surface area contributed by atoms with Crippen LogP contribution in [0.2, 0.25) is 0 Å². The highest BCUT2D eigenvalue weighted by atomic mass is 32.2. The highest BCUT2D eigenvalue weighted by molar-refractivity contribution is 7.90. The number of nitrogens with zero attached hydrogens (tertiary/aromatic N) is 1. The molecule has 0 aromatic heterocycles. The van der Waals surface area contributed by atoms with Gasteiger partial charge in [0.15, 0.2) is 0 Å². The number of aryl methyl sites for hydroxylation is 1. The second-order valence-electron chi connectivity index (χ2n) is 14.9. The summed E-state index contributed by atoms with van der Waals surface area (Å²) in [5.41, 5.74) is 7.11. The molecule has 1 atom stereocenters. The number of carboxylic acid groups (broad SMARTS) is 1. The minimum absolute atomic E-state index is 0.0390. The molecule has 6 N–H and O–H groups in total. The van der Waals surface area contributed by atoms with E-state index < -0.39 is 39.7 Å². The van der Waals surface area contributed by atoms with Crippen molar-refractivity contribution < 1.29 is 37.4 Å². The third-order valence-corrected chi connectivity index (χ3v) is 10.3. The Morgan fingerprint density at radius 1 is 0.887 bits per heavy atom. The Labute approximate surface area is 314 Å². The molecule has 0 aliphatic heterocycles. The van der Waals surface area contributed by atoms with Crippen LogP contribution >= 0.6 is 0 Å². The number of carbonyl (C=O) groups excluding carboxylic acids is 2. The van der Waals surface area contributed by atoms with E-state index in [0.29, 0.717) is 11.1 Å². The van der Waals surface area contributed by atoms with Gasteiger partial charge in [-0.3, -0.25) is 9.79 Å². The third kappa shape index (κ3) is 17.5. The normalized spacial score (nSPS) is 16.4. The summed E-state index contributed by atoms with van der Waals surface area (Å²) < 4.78 is 37.7. The largest absolute Gasteiger partial charge is 0.481 e. The number of aliphatic imine (C=N–C) groups is 1. The summed E-state index contributed by atoms with van der Waals surface area (Å²) in [5.74, 6) is -1.98. The summed E-state index contributed by atoms with van der Waals surface area (Å²) in [4.78, 5) is 40.0. The van der Waals surface area contributed by atoms with E-state index in [2.05, 4.69) is 20.3 Å². The average Bonchev–Trinajstić information content (AvgIpc) is 3.09. The van der Waals surface area contributed by atoms with E-state index in [-0.39, 0.29) is 43.3 Å². The minimum Gasteiger partial charge on any atom is -0.481 e. The molecule has 14 heteroatoms. The lowest BCUT2D eigenvalue weighted by Gasteiger charge is -2.30. The van der Waals surface area contributed by atoms with Crippen LogP contribution in [0, 0.1) is 6.92 Å². The van der Waals surface area contributed by atoms with Gasteiger partial charge in [0.25, 0.3) is 10.0 Å². The van der Waals surface area contributed by atoms with Gasteiger partial charge >= 0.3 is 18.0 Å². The molecule has 2 aliphatic rings. The maximum atomic E-state index is 12.8. The molecule has 0 saturated heterocycles. The number of nitrogens with one attached hydrogen (secondary N) is 3. The molecule has 0 heterocycles. The lowest BCUT2D eigenvalue weighted by atomic mass is 9.91. The lowest BCUT2D eigenvalue weighted by molar-refractivity contribution is -0.147. The van der Waals surface area contributed by atoms with Gasteiger partial charge in [0.1, 0.15) is 18.2 Å². The Hall–Kier alpha value is -4.17. The van der Waals surface area contributed by atoms with Gasteiger partial charge < -0.3 is 30.9 Å². The van der Waals surface area contributed by atoms with Gasteiger partial charge in [0, 0.05) is 18.6 Å². The van der Waals surface area contributed by atoms with Crippen LogP contribution in [0.4, 0.5) is 4.79 Å². The van der Waals surface area contributed by atoms with Crippen molar-refractivity contribution in [1.82, 2.24) is 15.4 Å². The number of benzene rings is 2. The molecule has 53 heavy (non-hydrogen) atoms. The second-order valence-corrected chi connectivity index (χ2v) is 16.5. The van der Waals surface area contributed by atoms with Crippen molar-refractivity contribution in [3.8, 4) is 0 Å². The smallest absolute Gasteiger partial charge is 0.408 e. The summed E-state index contributed by atoms with van der Waals surface area (Å²) in [7, 11) is -3.90. The monoisotopic (exact) mass is 757 g/mol. The lowest BCUT2D eigenvalue weighted by Crippen LogP contribution is -2.44. The van der Waals surface area contributed by atoms with Crippen LogP contribution in [0.15, 0.2) is 58.4 Å². The van der Waals surface area contributed by atoms with E-state index in [4.69, 9.17) is 20.3 Å². The van der Waals surface area contributed by atoms with Gasteiger partial charge in [-0.05, 0) is 89.5 Å². The number of guanidine groups is 1. The minimum atomic E-state index is -3.90. The molecule has 2 aromatic carbocycles. The van der Waals surface area contributed by atoms with Crippen molar-refractivity contribution in [2.45, 2.75) is 146 Å². The molecule has 0 radical (unpaired) electrons. The Balaban J connectivity index is 0.000000482. The molecule has 2 saturated carbocycles. The summed E-state index contributed by atoms with van der Waals surface area (Å²) in [6, 6.07) is 13.5. The Morgan fingerprint density at radius 2 is 1.43 bits per heavy atom. The van der Waals surface area contributed by atoms with Crippen LogP contribution in [0.25, 0.3) is 0 Å². The molecule has 0 unspecified atom stereocenters. The van der Waals surface area contributed by atoms with Crippen LogP contribution in [0.3, 0.4) is 0 Å². The van der Waals surface area contributed by atoms with E-state index in [0.717, 1.165) is 17.6 Å². The second kappa shape index (κ2) is 21.5. The molecule has 2 aromatic rings. The molecule has 0 bridgehead atoms. The summed E-state index contributed by atoms with van der Waals surface area (Å²) in [6.07, 6.45) is 14.0. The first-order valence-electron chi connectivity index (χ1n) is 18.7. The molecule has 0 spiro atoms. The highest BCUT2D eigenvalue weighted by Gasteiger charge is 2.26. The summed E-state index contributed by atoms with van der Waals surface area (Å²) in [5, 5.41) is 15.2. The zero-order chi connectivity index (χ0) is 38.9. The SMILES string of the molecule is C1CCC(NC2CCCCC2)CC1.Cc1ccc(S(=O)(=O)NC(N)=NCCC[C@H](NC(=O)OC(C)(C)C)C(=O)OCc2ccc(CC(=O)O)cc2)cc1. The molecule has 4 rings (SSSR count). The number of carbonyl (C=O) groups is 3. The van der Waals surface area contributed by atoms with Crippen LogP contribution in [-0.2, 0) is 42.1 Å². The first-order valence-corrected chi connectivity index (χ1v) is 20.2. The first-order chi connectivity index (χ1) is 25.1. The van der Waals surface area contributed by atoms with E-state index in [1.54, 1.807) is 57.2 Å². The number of hydrogen-bond acceptors (Lipinski definition) is 9. The quantitative estimate of drug-likeness (QED) is 0.0672. The van der Waals surface area contributed by atoms with Crippen LogP contribution < -0.4 is 21.1 Å². The van der Waals surface area contributed by atoms with Crippen LogP contribution in [0.1, 0.15) is 115 Å². The molecular formula is C39H59N5O8S. The third-order valence-electron chi connectivity index (χ3n) is 8.92. The number of hydrogen-bond donors (Lipinski definition) is 5. The van der Waals surface area contributed by atoms with Gasteiger partial charge in [0.05, 0.1) is 11.3 Å². The molecule has 2 fully saturated rings. The Kier molecular flexibility index (Phi) is 17.5. The van der Waals surface area contributed by atoms with Crippen molar-refractivity contribution in [2.24, 2.45) is 10.7 Å². The zero-order valence-corrected chi connectivity index (χ0v) is 32.5. The molecule has 13 nitrogen and oxygen atoms in total. The number of ether oxygens (including phenoxy) is 2. The molecule has 1 amide bonds. The molecular weight excluding hydrogens is 699 g/mol. The van der Waals surface area contributed by atoms with E-state index in [1.807, 2.05) is 6.92 Å². The standard InChI is InChI=1S/C27H36N4O8S.C12H23N/c1-18-7-13-21(14-8-18)40(36,37)31-25(28)29-15-5-6-22(30-26(35)39-27(2,3)4)24(34)38-17-20-11-9-19(10-12-20)16-23(32)33;1-3-7-11(8-4-1)13-12-9-5-2-6-10-12/h7-14,22H,5-6,15-17H2,1-4H3,(H,30,35)(H,32,33)(H3,28,29,31);11-13H,1-10H2/t22-;/m0./s1. The number of aliphatic carboxylic acids is 1. The molecule has 294 valence electrons. The van der Waals surface area contributed by atoms with Gasteiger partial charge in [-0.2, -0.15) is 0 Å². The fraction of sp³-hybridized carbons (Fsp3) is 0.590. The van der Waals surface area contributed by atoms with Crippen LogP contribution in [0.5, 0.6) is 0 Å². The van der Waals surface area contributed by atoms with E-state index in [9.17, 15) is 22.8 Å². The number of esters is 1. The number of nitrogens with two attached hydrogens (primary N) is 1. The van der Waals surface area contributed by atoms with Gasteiger partial charge in [0.2, 0.25) is 5.96 Å². The topological polar surface area (TPSA) is 199 Å². The fourth-order valence-electron chi connectivity index (χ4n) is 6.19. The first kappa shape index (κ1) is 43.2. The maximum absolute atomic E-state index is 12.8. The average molecular weight is 758 g/mol. The van der Waals surface area contributed by atoms with Gasteiger partial charge in [-0.15, -0.1) is 0 Å². The predicted molar refractivity (Wildman–Crippen MR) is 205 cm³/mol.